The second-order valence-corrected chi connectivity index (χ2v) is 5.20. The molecule has 23 heavy (non-hydrogen) atoms. The minimum Gasteiger partial charge on any atom is -0.494 e. The van der Waals surface area contributed by atoms with Crippen molar-refractivity contribution in [2.24, 2.45) is 0 Å². The van der Waals surface area contributed by atoms with Crippen LogP contribution in [0.5, 0.6) is 11.8 Å². The summed E-state index contributed by atoms with van der Waals surface area (Å²) in [7, 11) is 0. The molecule has 0 spiro atoms. The lowest BCUT2D eigenvalue weighted by atomic mass is 9.93. The molecule has 3 rings (SSSR count). The topological polar surface area (TPSA) is 45.4 Å². The van der Waals surface area contributed by atoms with E-state index in [0.717, 1.165) is 0 Å². The molecule has 3 nitrogen and oxygen atoms in total. The van der Waals surface area contributed by atoms with Crippen LogP contribution < -0.4 is 0 Å². The number of hydrogen-bond donors (Lipinski definition) is 2. The number of nitrogens with zero attached hydrogens (tertiary/aromatic N) is 1. The van der Waals surface area contributed by atoms with E-state index in [2.05, 4.69) is 0 Å². The van der Waals surface area contributed by atoms with Gasteiger partial charge in [-0.1, -0.05) is 0 Å². The van der Waals surface area contributed by atoms with Gasteiger partial charge in [-0.25, -0.2) is 0 Å². The molecule has 0 atom stereocenters. The molecule has 2 aromatic rings. The standard InChI is InChI=1S/C14H9F6NO2/c15-13(16,17)6-3-7(14(18,19)20)5-8(4-6)21-11(22)9-1-2-10(9)12(21)23/h3-5,22-23H,1-2H2. The molecular formula is C14H9F6NO2. The van der Waals surface area contributed by atoms with Crippen LogP contribution in [0, 0.1) is 0 Å². The largest absolute Gasteiger partial charge is 0.494 e. The van der Waals surface area contributed by atoms with E-state index >= 15 is 0 Å². The maximum atomic E-state index is 12.8. The van der Waals surface area contributed by atoms with Crippen molar-refractivity contribution in [3.05, 3.63) is 40.5 Å². The Labute approximate surface area is 125 Å². The van der Waals surface area contributed by atoms with Gasteiger partial charge in [0.2, 0.25) is 11.8 Å². The van der Waals surface area contributed by atoms with Crippen molar-refractivity contribution in [2.45, 2.75) is 25.2 Å². The van der Waals surface area contributed by atoms with Gasteiger partial charge in [0.1, 0.15) is 0 Å². The molecule has 1 heterocycles. The van der Waals surface area contributed by atoms with Crippen molar-refractivity contribution in [3.8, 4) is 17.4 Å². The summed E-state index contributed by atoms with van der Waals surface area (Å²) >= 11 is 0. The first-order chi connectivity index (χ1) is 10.5. The molecule has 0 amide bonds. The quantitative estimate of drug-likeness (QED) is 0.772. The Kier molecular flexibility index (Phi) is 3.11. The van der Waals surface area contributed by atoms with Gasteiger partial charge >= 0.3 is 12.4 Å². The lowest BCUT2D eigenvalue weighted by Crippen LogP contribution is -2.12. The molecule has 1 aliphatic carbocycles. The third kappa shape index (κ3) is 2.40. The van der Waals surface area contributed by atoms with E-state index in [1.54, 1.807) is 0 Å². The van der Waals surface area contributed by atoms with E-state index in [4.69, 9.17) is 0 Å². The SMILES string of the molecule is Oc1c2c(c(O)n1-c1cc(C(F)(F)F)cc(C(F)(F)F)c1)CC2. The number of halogens is 6. The summed E-state index contributed by atoms with van der Waals surface area (Å²) in [6, 6.07) is 0.893. The molecule has 0 saturated heterocycles. The van der Waals surface area contributed by atoms with Gasteiger partial charge in [0.05, 0.1) is 16.8 Å². The van der Waals surface area contributed by atoms with Gasteiger partial charge in [0.15, 0.2) is 0 Å². The number of fused-ring (bicyclic) bond motifs is 1. The monoisotopic (exact) mass is 337 g/mol. The molecule has 0 unspecified atom stereocenters. The summed E-state index contributed by atoms with van der Waals surface area (Å²) < 4.78 is 77.7. The Balaban J connectivity index is 2.26. The molecule has 9 heteroatoms. The van der Waals surface area contributed by atoms with Crippen molar-refractivity contribution in [1.82, 2.24) is 4.57 Å². The minimum absolute atomic E-state index is 0.0113. The van der Waals surface area contributed by atoms with Gasteiger partial charge in [-0.15, -0.1) is 0 Å². The summed E-state index contributed by atoms with van der Waals surface area (Å²) in [4.78, 5) is 0. The summed E-state index contributed by atoms with van der Waals surface area (Å²) in [6.07, 6.45) is -9.21. The number of aromatic hydroxyl groups is 2. The lowest BCUT2D eigenvalue weighted by Gasteiger charge is -2.15. The highest BCUT2D eigenvalue weighted by Crippen LogP contribution is 2.45. The Hall–Kier alpha value is -2.32. The predicted octanol–water partition coefficient (Wildman–Crippen LogP) is 4.02. The van der Waals surface area contributed by atoms with Gasteiger partial charge in [0.25, 0.3) is 0 Å². The summed E-state index contributed by atoms with van der Waals surface area (Å²) in [6.45, 7) is 0. The Morgan fingerprint density at radius 3 is 1.43 bits per heavy atom. The van der Waals surface area contributed by atoms with Gasteiger partial charge in [-0.3, -0.25) is 4.57 Å². The second-order valence-electron chi connectivity index (χ2n) is 5.20. The van der Waals surface area contributed by atoms with E-state index < -0.39 is 40.9 Å². The van der Waals surface area contributed by atoms with Crippen LogP contribution in [0.3, 0.4) is 0 Å². The van der Waals surface area contributed by atoms with Gasteiger partial charge in [-0.05, 0) is 31.0 Å². The Bertz CT molecular complexity index is 728. The van der Waals surface area contributed by atoms with Crippen molar-refractivity contribution < 1.29 is 36.6 Å². The fraction of sp³-hybridized carbons (Fsp3) is 0.286. The smallest absolute Gasteiger partial charge is 0.416 e. The Morgan fingerprint density at radius 2 is 1.13 bits per heavy atom. The van der Waals surface area contributed by atoms with Crippen LogP contribution in [0.1, 0.15) is 22.3 Å². The van der Waals surface area contributed by atoms with E-state index in [0.29, 0.717) is 40.7 Å². The van der Waals surface area contributed by atoms with Crippen LogP contribution in [-0.2, 0) is 25.2 Å². The van der Waals surface area contributed by atoms with Gasteiger partial charge in [-0.2, -0.15) is 26.3 Å². The predicted molar refractivity (Wildman–Crippen MR) is 66.5 cm³/mol. The van der Waals surface area contributed by atoms with Crippen molar-refractivity contribution >= 4 is 0 Å². The molecule has 0 aliphatic heterocycles. The molecule has 0 saturated carbocycles. The minimum atomic E-state index is -5.00. The van der Waals surface area contributed by atoms with E-state index in [1.807, 2.05) is 0 Å². The van der Waals surface area contributed by atoms with Crippen LogP contribution in [0.25, 0.3) is 5.69 Å². The maximum absolute atomic E-state index is 12.8. The highest BCUT2D eigenvalue weighted by Gasteiger charge is 2.38. The fourth-order valence-corrected chi connectivity index (χ4v) is 2.55. The highest BCUT2D eigenvalue weighted by molar-refractivity contribution is 5.58. The highest BCUT2D eigenvalue weighted by atomic mass is 19.4. The van der Waals surface area contributed by atoms with E-state index in [9.17, 15) is 36.6 Å². The zero-order chi connectivity index (χ0) is 17.2. The molecule has 1 aromatic carbocycles. The first kappa shape index (κ1) is 15.6. The molecule has 0 radical (unpaired) electrons. The third-order valence-corrected chi connectivity index (χ3v) is 3.78. The zero-order valence-electron chi connectivity index (χ0n) is 11.3. The Morgan fingerprint density at radius 1 is 0.739 bits per heavy atom. The van der Waals surface area contributed by atoms with Gasteiger partial charge in [0, 0.05) is 11.1 Å². The molecule has 0 fully saturated rings. The zero-order valence-corrected chi connectivity index (χ0v) is 11.3. The molecule has 0 bridgehead atoms. The second kappa shape index (κ2) is 4.59. The summed E-state index contributed by atoms with van der Waals surface area (Å²) in [5.41, 5.74) is -2.98. The van der Waals surface area contributed by atoms with E-state index in [1.165, 1.54) is 0 Å². The average Bonchev–Trinajstić information content (AvgIpc) is 2.51. The number of hydrogen-bond acceptors (Lipinski definition) is 2. The maximum Gasteiger partial charge on any atom is 0.416 e. The van der Waals surface area contributed by atoms with Crippen molar-refractivity contribution in [2.75, 3.05) is 0 Å². The van der Waals surface area contributed by atoms with Gasteiger partial charge < -0.3 is 10.2 Å². The van der Waals surface area contributed by atoms with Crippen molar-refractivity contribution in [3.63, 3.8) is 0 Å². The van der Waals surface area contributed by atoms with Crippen molar-refractivity contribution in [1.29, 1.82) is 0 Å². The van der Waals surface area contributed by atoms with Crippen LogP contribution in [0.2, 0.25) is 0 Å². The number of benzene rings is 1. The van der Waals surface area contributed by atoms with Crippen LogP contribution in [-0.4, -0.2) is 14.8 Å². The number of alkyl halides is 6. The van der Waals surface area contributed by atoms with Crippen LogP contribution >= 0.6 is 0 Å². The average molecular weight is 337 g/mol. The van der Waals surface area contributed by atoms with Crippen LogP contribution in [0.15, 0.2) is 18.2 Å². The number of aromatic nitrogens is 1. The fourth-order valence-electron chi connectivity index (χ4n) is 2.55. The molecule has 1 aromatic heterocycles. The number of rotatable bonds is 1. The first-order valence-corrected chi connectivity index (χ1v) is 6.44. The first-order valence-electron chi connectivity index (χ1n) is 6.44. The summed E-state index contributed by atoms with van der Waals surface area (Å²) in [5, 5.41) is 19.9. The molecular weight excluding hydrogens is 328 g/mol. The van der Waals surface area contributed by atoms with E-state index in [-0.39, 0.29) is 6.07 Å². The molecule has 1 aliphatic rings. The lowest BCUT2D eigenvalue weighted by molar-refractivity contribution is -0.143. The molecule has 124 valence electrons. The molecule has 2 N–H and O–H groups in total. The third-order valence-electron chi connectivity index (χ3n) is 3.78. The summed E-state index contributed by atoms with van der Waals surface area (Å²) in [5.74, 6) is -1.09. The normalized spacial score (nSPS) is 14.5. The van der Waals surface area contributed by atoms with Crippen LogP contribution in [0.4, 0.5) is 26.3 Å².